The number of amides is 1. The van der Waals surface area contributed by atoms with Crippen molar-refractivity contribution in [2.24, 2.45) is 0 Å². The summed E-state index contributed by atoms with van der Waals surface area (Å²) >= 11 is 0. The Morgan fingerprint density at radius 1 is 0.960 bits per heavy atom. The van der Waals surface area contributed by atoms with Gasteiger partial charge < -0.3 is 10.0 Å². The van der Waals surface area contributed by atoms with Crippen molar-refractivity contribution in [1.29, 1.82) is 0 Å². The standard InChI is InChI=1S/C20H15F2NO2/c21-12-7-8-17(19(22)9-12)15-4-1-5-16-14(15)3-2-6-18(16)20(25)23-10-13(24)11-23/h1-9,13,24H,10-11H2. The van der Waals surface area contributed by atoms with E-state index < -0.39 is 17.7 Å². The van der Waals surface area contributed by atoms with Crippen molar-refractivity contribution >= 4 is 16.7 Å². The van der Waals surface area contributed by atoms with Crippen molar-refractivity contribution in [3.05, 3.63) is 71.8 Å². The van der Waals surface area contributed by atoms with E-state index in [1.54, 1.807) is 29.2 Å². The Hall–Kier alpha value is -2.79. The molecule has 0 radical (unpaired) electrons. The van der Waals surface area contributed by atoms with Gasteiger partial charge in [-0.3, -0.25) is 4.79 Å². The highest BCUT2D eigenvalue weighted by atomic mass is 19.1. The molecule has 0 bridgehead atoms. The van der Waals surface area contributed by atoms with E-state index >= 15 is 0 Å². The van der Waals surface area contributed by atoms with Gasteiger partial charge in [-0.1, -0.05) is 30.3 Å². The lowest BCUT2D eigenvalue weighted by molar-refractivity contribution is 0.00603. The molecule has 1 aliphatic rings. The van der Waals surface area contributed by atoms with Crippen molar-refractivity contribution < 1.29 is 18.7 Å². The molecule has 0 aliphatic carbocycles. The zero-order chi connectivity index (χ0) is 17.6. The van der Waals surface area contributed by atoms with Crippen LogP contribution in [0.2, 0.25) is 0 Å². The van der Waals surface area contributed by atoms with Crippen LogP contribution in [0.1, 0.15) is 10.4 Å². The van der Waals surface area contributed by atoms with Crippen LogP contribution >= 0.6 is 0 Å². The molecule has 3 nitrogen and oxygen atoms in total. The number of carbonyl (C=O) groups excluding carboxylic acids is 1. The maximum Gasteiger partial charge on any atom is 0.254 e. The number of benzene rings is 3. The van der Waals surface area contributed by atoms with Crippen LogP contribution in [0.4, 0.5) is 8.78 Å². The average Bonchev–Trinajstić information content (AvgIpc) is 2.58. The molecular formula is C20H15F2NO2. The van der Waals surface area contributed by atoms with Crippen LogP contribution in [0.5, 0.6) is 0 Å². The number of β-amino-alcohol motifs (C(OH)–C–C–N with tert-alkyl or cyclic N) is 1. The summed E-state index contributed by atoms with van der Waals surface area (Å²) < 4.78 is 27.4. The van der Waals surface area contributed by atoms with Crippen molar-refractivity contribution in [3.63, 3.8) is 0 Å². The van der Waals surface area contributed by atoms with Gasteiger partial charge in [0.15, 0.2) is 0 Å². The van der Waals surface area contributed by atoms with E-state index in [-0.39, 0.29) is 11.5 Å². The first-order valence-corrected chi connectivity index (χ1v) is 7.99. The van der Waals surface area contributed by atoms with Crippen LogP contribution in [-0.4, -0.2) is 35.1 Å². The molecule has 4 rings (SSSR count). The summed E-state index contributed by atoms with van der Waals surface area (Å²) in [5.74, 6) is -1.43. The number of rotatable bonds is 2. The van der Waals surface area contributed by atoms with Gasteiger partial charge in [0.25, 0.3) is 5.91 Å². The second-order valence-electron chi connectivity index (χ2n) is 6.19. The van der Waals surface area contributed by atoms with Crippen LogP contribution in [-0.2, 0) is 0 Å². The predicted octanol–water partition coefficient (Wildman–Crippen LogP) is 3.60. The molecule has 3 aromatic rings. The molecule has 126 valence electrons. The summed E-state index contributed by atoms with van der Waals surface area (Å²) in [4.78, 5) is 14.2. The molecule has 1 aliphatic heterocycles. The smallest absolute Gasteiger partial charge is 0.254 e. The van der Waals surface area contributed by atoms with Crippen LogP contribution in [0.25, 0.3) is 21.9 Å². The minimum atomic E-state index is -0.643. The molecule has 0 unspecified atom stereocenters. The fraction of sp³-hybridized carbons (Fsp3) is 0.150. The molecule has 1 heterocycles. The second kappa shape index (κ2) is 5.93. The molecule has 1 fully saturated rings. The molecule has 0 atom stereocenters. The van der Waals surface area contributed by atoms with Crippen molar-refractivity contribution in [3.8, 4) is 11.1 Å². The monoisotopic (exact) mass is 339 g/mol. The van der Waals surface area contributed by atoms with Gasteiger partial charge in [-0.2, -0.15) is 0 Å². The van der Waals surface area contributed by atoms with E-state index in [1.165, 1.54) is 12.1 Å². The third-order valence-electron chi connectivity index (χ3n) is 4.52. The third-order valence-corrected chi connectivity index (χ3v) is 4.52. The maximum absolute atomic E-state index is 14.2. The van der Waals surface area contributed by atoms with Gasteiger partial charge in [-0.05, 0) is 34.5 Å². The molecule has 0 aromatic heterocycles. The van der Waals surface area contributed by atoms with E-state index in [2.05, 4.69) is 0 Å². The minimum absolute atomic E-state index is 0.160. The summed E-state index contributed by atoms with van der Waals surface area (Å²) in [6, 6.07) is 14.1. The Balaban J connectivity index is 1.85. The van der Waals surface area contributed by atoms with Crippen LogP contribution in [0.3, 0.4) is 0 Å². The number of carbonyl (C=O) groups is 1. The van der Waals surface area contributed by atoms with Gasteiger partial charge in [-0.25, -0.2) is 8.78 Å². The molecule has 5 heteroatoms. The second-order valence-corrected chi connectivity index (χ2v) is 6.19. The average molecular weight is 339 g/mol. The molecule has 1 saturated heterocycles. The molecular weight excluding hydrogens is 324 g/mol. The Morgan fingerprint density at radius 2 is 1.68 bits per heavy atom. The topological polar surface area (TPSA) is 40.5 Å². The highest BCUT2D eigenvalue weighted by Crippen LogP contribution is 2.33. The minimum Gasteiger partial charge on any atom is -0.389 e. The Labute approximate surface area is 143 Å². The van der Waals surface area contributed by atoms with Gasteiger partial charge in [0.2, 0.25) is 0 Å². The normalized spacial score (nSPS) is 14.6. The molecule has 1 N–H and O–H groups in total. The molecule has 1 amide bonds. The number of nitrogens with zero attached hydrogens (tertiary/aromatic N) is 1. The van der Waals surface area contributed by atoms with E-state index in [0.717, 1.165) is 11.5 Å². The fourth-order valence-electron chi connectivity index (χ4n) is 3.23. The maximum atomic E-state index is 14.2. The lowest BCUT2D eigenvalue weighted by Crippen LogP contribution is -2.53. The van der Waals surface area contributed by atoms with Gasteiger partial charge >= 0.3 is 0 Å². The summed E-state index contributed by atoms with van der Waals surface area (Å²) in [6.45, 7) is 0.642. The fourth-order valence-corrected chi connectivity index (χ4v) is 3.23. The van der Waals surface area contributed by atoms with Gasteiger partial charge in [0, 0.05) is 30.3 Å². The number of likely N-dealkylation sites (tertiary alicyclic amines) is 1. The largest absolute Gasteiger partial charge is 0.389 e. The molecule has 3 aromatic carbocycles. The Kier molecular flexibility index (Phi) is 3.73. The summed E-state index contributed by atoms with van der Waals surface area (Å²) in [5, 5.41) is 10.8. The number of hydrogen-bond acceptors (Lipinski definition) is 2. The summed E-state index contributed by atoms with van der Waals surface area (Å²) in [7, 11) is 0. The molecule has 25 heavy (non-hydrogen) atoms. The Bertz CT molecular complexity index is 981. The van der Waals surface area contributed by atoms with E-state index in [0.29, 0.717) is 29.6 Å². The zero-order valence-electron chi connectivity index (χ0n) is 13.2. The quantitative estimate of drug-likeness (QED) is 0.775. The third kappa shape index (κ3) is 2.66. The van der Waals surface area contributed by atoms with E-state index in [1.807, 2.05) is 12.1 Å². The highest BCUT2D eigenvalue weighted by molar-refractivity contribution is 6.10. The first-order valence-electron chi connectivity index (χ1n) is 7.99. The van der Waals surface area contributed by atoms with Crippen LogP contribution in [0, 0.1) is 11.6 Å². The summed E-state index contributed by atoms with van der Waals surface area (Å²) in [5.41, 5.74) is 1.40. The summed E-state index contributed by atoms with van der Waals surface area (Å²) in [6.07, 6.45) is -0.470. The van der Waals surface area contributed by atoms with Crippen LogP contribution in [0.15, 0.2) is 54.6 Å². The zero-order valence-corrected chi connectivity index (χ0v) is 13.2. The van der Waals surface area contributed by atoms with Crippen molar-refractivity contribution in [2.45, 2.75) is 6.10 Å². The SMILES string of the molecule is O=C(c1cccc2c(-c3ccc(F)cc3F)cccc12)N1CC(O)C1. The molecule has 0 spiro atoms. The molecule has 0 saturated carbocycles. The van der Waals surface area contributed by atoms with Crippen LogP contribution < -0.4 is 0 Å². The Morgan fingerprint density at radius 3 is 2.40 bits per heavy atom. The number of fused-ring (bicyclic) bond motifs is 1. The highest BCUT2D eigenvalue weighted by Gasteiger charge is 2.30. The van der Waals surface area contributed by atoms with Crippen molar-refractivity contribution in [2.75, 3.05) is 13.1 Å². The number of halogens is 2. The first kappa shape index (κ1) is 15.7. The van der Waals surface area contributed by atoms with Gasteiger partial charge in [0.1, 0.15) is 11.6 Å². The first-order chi connectivity index (χ1) is 12.0. The predicted molar refractivity (Wildman–Crippen MR) is 91.2 cm³/mol. The number of hydrogen-bond donors (Lipinski definition) is 1. The van der Waals surface area contributed by atoms with Gasteiger partial charge in [0.05, 0.1) is 6.10 Å². The van der Waals surface area contributed by atoms with Crippen molar-refractivity contribution in [1.82, 2.24) is 4.90 Å². The number of aliphatic hydroxyl groups excluding tert-OH is 1. The lowest BCUT2D eigenvalue weighted by atomic mass is 9.94. The van der Waals surface area contributed by atoms with Gasteiger partial charge in [-0.15, -0.1) is 0 Å². The lowest BCUT2D eigenvalue weighted by Gasteiger charge is -2.36. The van der Waals surface area contributed by atoms with E-state index in [4.69, 9.17) is 0 Å². The number of aliphatic hydroxyl groups is 1. The van der Waals surface area contributed by atoms with E-state index in [9.17, 15) is 18.7 Å².